The van der Waals surface area contributed by atoms with E-state index in [0.717, 1.165) is 16.5 Å². The molecular weight excluding hydrogens is 467 g/mol. The molecule has 0 radical (unpaired) electrons. The van der Waals surface area contributed by atoms with Gasteiger partial charge in [-0.25, -0.2) is 4.79 Å². The summed E-state index contributed by atoms with van der Waals surface area (Å²) in [7, 11) is -6.05. The number of ether oxygens (including phenoxy) is 1. The van der Waals surface area contributed by atoms with E-state index in [1.165, 1.54) is 12.1 Å². The molecule has 0 saturated heterocycles. The Balaban J connectivity index is 2.04. The van der Waals surface area contributed by atoms with Crippen molar-refractivity contribution < 1.29 is 45.2 Å². The first-order valence-corrected chi connectivity index (χ1v) is 10.9. The zero-order valence-corrected chi connectivity index (χ0v) is 17.7. The van der Waals surface area contributed by atoms with Crippen LogP contribution in [-0.2, 0) is 16.7 Å². The van der Waals surface area contributed by atoms with Crippen molar-refractivity contribution in [3.05, 3.63) is 65.2 Å². The molecule has 12 heteroatoms. The normalized spacial score (nSPS) is 14.4. The lowest BCUT2D eigenvalue weighted by Gasteiger charge is -2.25. The number of benzene rings is 2. The molecular formula is C21H18F3NO7S. The average Bonchev–Trinajstić information content (AvgIpc) is 2.77. The van der Waals surface area contributed by atoms with E-state index in [0.29, 0.717) is 5.57 Å². The van der Waals surface area contributed by atoms with Crippen molar-refractivity contribution >= 4 is 28.1 Å². The Morgan fingerprint density at radius 2 is 1.88 bits per heavy atom. The van der Waals surface area contributed by atoms with Gasteiger partial charge in [0.1, 0.15) is 12.4 Å². The van der Waals surface area contributed by atoms with Crippen molar-refractivity contribution in [1.29, 1.82) is 0 Å². The minimum Gasteiger partial charge on any atom is -0.489 e. The number of amides is 1. The summed E-state index contributed by atoms with van der Waals surface area (Å²) in [6.07, 6.45) is 0.659. The fourth-order valence-electron chi connectivity index (χ4n) is 3.13. The predicted molar refractivity (Wildman–Crippen MR) is 110 cm³/mol. The highest BCUT2D eigenvalue weighted by Gasteiger charge is 2.49. The summed E-state index contributed by atoms with van der Waals surface area (Å²) < 4.78 is 71.8. The second kappa shape index (κ2) is 9.53. The zero-order valence-electron chi connectivity index (χ0n) is 16.9. The summed E-state index contributed by atoms with van der Waals surface area (Å²) in [4.78, 5) is 24.0. The van der Waals surface area contributed by atoms with Crippen molar-refractivity contribution in [3.8, 4) is 11.5 Å². The first-order chi connectivity index (χ1) is 15.5. The summed E-state index contributed by atoms with van der Waals surface area (Å²) in [6.45, 7) is 0.0682. The fraction of sp³-hybridized carbons (Fsp3) is 0.238. The van der Waals surface area contributed by atoms with Gasteiger partial charge in [-0.05, 0) is 29.2 Å². The van der Waals surface area contributed by atoms with Gasteiger partial charge in [0, 0.05) is 19.2 Å². The molecule has 2 aromatic rings. The SMILES string of the molecule is O=Cc1c(OS(=O)(=O)C(F)(F)F)cc(OCc2ccccc2)cc1C1=CCN(C(=O)O)CC1. The summed E-state index contributed by atoms with van der Waals surface area (Å²) in [5.41, 5.74) is -4.87. The molecule has 1 aliphatic heterocycles. The molecule has 33 heavy (non-hydrogen) atoms. The summed E-state index contributed by atoms with van der Waals surface area (Å²) in [5.74, 6) is -0.877. The zero-order chi connectivity index (χ0) is 24.2. The Morgan fingerprint density at radius 3 is 2.42 bits per heavy atom. The Labute approximate surface area is 187 Å². The second-order valence-corrected chi connectivity index (χ2v) is 8.50. The molecule has 8 nitrogen and oxygen atoms in total. The van der Waals surface area contributed by atoms with E-state index < -0.39 is 33.0 Å². The number of carboxylic acid groups (broad SMARTS) is 1. The predicted octanol–water partition coefficient (Wildman–Crippen LogP) is 4.07. The molecule has 176 valence electrons. The lowest BCUT2D eigenvalue weighted by Crippen LogP contribution is -2.33. The van der Waals surface area contributed by atoms with Gasteiger partial charge in [-0.15, -0.1) is 0 Å². The van der Waals surface area contributed by atoms with Crippen molar-refractivity contribution in [2.75, 3.05) is 13.1 Å². The minimum absolute atomic E-state index is 0.0119. The molecule has 1 aliphatic rings. The van der Waals surface area contributed by atoms with Gasteiger partial charge >= 0.3 is 21.7 Å². The molecule has 1 amide bonds. The van der Waals surface area contributed by atoms with E-state index in [9.17, 15) is 31.2 Å². The van der Waals surface area contributed by atoms with Crippen LogP contribution in [0.1, 0.15) is 27.9 Å². The quantitative estimate of drug-likeness (QED) is 0.358. The minimum atomic E-state index is -6.05. The van der Waals surface area contributed by atoms with Gasteiger partial charge in [0.25, 0.3) is 0 Å². The van der Waals surface area contributed by atoms with Gasteiger partial charge in [0.15, 0.2) is 12.0 Å². The van der Waals surface area contributed by atoms with E-state index >= 15 is 0 Å². The number of carbonyl (C=O) groups is 2. The first kappa shape index (κ1) is 24.1. The maximum atomic E-state index is 12.9. The number of carbonyl (C=O) groups excluding carboxylic acids is 1. The summed E-state index contributed by atoms with van der Waals surface area (Å²) in [6, 6.07) is 11.1. The molecule has 0 saturated carbocycles. The average molecular weight is 485 g/mol. The molecule has 3 rings (SSSR count). The van der Waals surface area contributed by atoms with E-state index in [4.69, 9.17) is 9.84 Å². The van der Waals surface area contributed by atoms with Crippen LogP contribution >= 0.6 is 0 Å². The standard InChI is InChI=1S/C21H18F3NO7S/c22-21(23,24)33(29,30)32-19-11-16(31-13-14-4-2-1-3-5-14)10-17(18(19)12-26)15-6-8-25(9-7-15)20(27)28/h1-6,10-12H,7-9,13H2,(H,27,28). The summed E-state index contributed by atoms with van der Waals surface area (Å²) in [5, 5.41) is 9.09. The van der Waals surface area contributed by atoms with E-state index in [-0.39, 0.29) is 43.7 Å². The van der Waals surface area contributed by atoms with Crippen LogP contribution in [0.4, 0.5) is 18.0 Å². The van der Waals surface area contributed by atoms with Gasteiger partial charge < -0.3 is 18.9 Å². The number of hydrogen-bond donors (Lipinski definition) is 1. The molecule has 0 aromatic heterocycles. The van der Waals surface area contributed by atoms with Crippen LogP contribution in [0.5, 0.6) is 11.5 Å². The van der Waals surface area contributed by atoms with E-state index in [1.54, 1.807) is 30.3 Å². The van der Waals surface area contributed by atoms with Crippen LogP contribution in [0.2, 0.25) is 0 Å². The van der Waals surface area contributed by atoms with Gasteiger partial charge in [-0.1, -0.05) is 36.4 Å². The van der Waals surface area contributed by atoms with Crippen molar-refractivity contribution in [2.45, 2.75) is 18.5 Å². The fourth-order valence-corrected chi connectivity index (χ4v) is 3.60. The third-order valence-electron chi connectivity index (χ3n) is 4.79. The summed E-state index contributed by atoms with van der Waals surface area (Å²) >= 11 is 0. The van der Waals surface area contributed by atoms with Gasteiger partial charge in [0.05, 0.1) is 5.56 Å². The maximum absolute atomic E-state index is 12.9. The number of halogens is 3. The number of alkyl halides is 3. The van der Waals surface area contributed by atoms with Crippen LogP contribution in [0.25, 0.3) is 5.57 Å². The highest BCUT2D eigenvalue weighted by molar-refractivity contribution is 7.88. The van der Waals surface area contributed by atoms with Gasteiger partial charge in [0.2, 0.25) is 0 Å². The molecule has 0 bridgehead atoms. The number of aldehydes is 1. The molecule has 1 N–H and O–H groups in total. The highest BCUT2D eigenvalue weighted by Crippen LogP contribution is 2.37. The first-order valence-electron chi connectivity index (χ1n) is 9.50. The second-order valence-electron chi connectivity index (χ2n) is 6.97. The lowest BCUT2D eigenvalue weighted by atomic mass is 9.94. The third-order valence-corrected chi connectivity index (χ3v) is 5.76. The number of nitrogens with zero attached hydrogens (tertiary/aromatic N) is 1. The topological polar surface area (TPSA) is 110 Å². The van der Waals surface area contributed by atoms with Crippen LogP contribution in [-0.4, -0.2) is 49.4 Å². The van der Waals surface area contributed by atoms with Gasteiger partial charge in [-0.2, -0.15) is 21.6 Å². The van der Waals surface area contributed by atoms with E-state index in [1.807, 2.05) is 0 Å². The molecule has 1 heterocycles. The van der Waals surface area contributed by atoms with E-state index in [2.05, 4.69) is 4.18 Å². The van der Waals surface area contributed by atoms with Crippen molar-refractivity contribution in [3.63, 3.8) is 0 Å². The van der Waals surface area contributed by atoms with Crippen molar-refractivity contribution in [1.82, 2.24) is 4.90 Å². The third kappa shape index (κ3) is 5.64. The molecule has 0 fully saturated rings. The Hall–Kier alpha value is -3.54. The number of rotatable bonds is 7. The molecule has 0 unspecified atom stereocenters. The lowest BCUT2D eigenvalue weighted by molar-refractivity contribution is -0.0500. The molecule has 0 atom stereocenters. The maximum Gasteiger partial charge on any atom is 0.534 e. The Morgan fingerprint density at radius 1 is 1.18 bits per heavy atom. The Kier molecular flexibility index (Phi) is 6.96. The smallest absolute Gasteiger partial charge is 0.489 e. The highest BCUT2D eigenvalue weighted by atomic mass is 32.2. The largest absolute Gasteiger partial charge is 0.534 e. The van der Waals surface area contributed by atoms with Crippen LogP contribution in [0, 0.1) is 0 Å². The van der Waals surface area contributed by atoms with Crippen molar-refractivity contribution in [2.24, 2.45) is 0 Å². The molecule has 2 aromatic carbocycles. The Bertz CT molecular complexity index is 1180. The van der Waals surface area contributed by atoms with Gasteiger partial charge in [-0.3, -0.25) is 4.79 Å². The number of hydrogen-bond acceptors (Lipinski definition) is 6. The van der Waals surface area contributed by atoms with Crippen LogP contribution in [0.15, 0.2) is 48.5 Å². The molecule has 0 aliphatic carbocycles. The van der Waals surface area contributed by atoms with Crippen LogP contribution in [0.3, 0.4) is 0 Å². The monoisotopic (exact) mass is 485 g/mol. The van der Waals surface area contributed by atoms with Crippen LogP contribution < -0.4 is 8.92 Å². The molecule has 0 spiro atoms.